The zero-order chi connectivity index (χ0) is 84.5. The van der Waals surface area contributed by atoms with Crippen LogP contribution in [0.25, 0.3) is 242 Å². The van der Waals surface area contributed by atoms with Crippen molar-refractivity contribution in [3.63, 3.8) is 0 Å². The van der Waals surface area contributed by atoms with Crippen LogP contribution < -0.4 is 0 Å². The Morgan fingerprint density at radius 1 is 0.164 bits per heavy atom. The molecule has 0 unspecified atom stereocenters. The van der Waals surface area contributed by atoms with E-state index in [9.17, 15) is 0 Å². The molecule has 15 aromatic carbocycles. The number of para-hydroxylation sites is 7. The minimum Gasteiger partial charge on any atom is -0.309 e. The Bertz CT molecular complexity index is 8730. The molecule has 0 atom stereocenters. The maximum absolute atomic E-state index is 5.26. The largest absolute Gasteiger partial charge is 0.309 e. The summed E-state index contributed by atoms with van der Waals surface area (Å²) in [6.45, 7) is 0. The van der Waals surface area contributed by atoms with Crippen LogP contribution in [0, 0.1) is 0 Å². The fourth-order valence-electron chi connectivity index (χ4n) is 19.0. The highest BCUT2D eigenvalue weighted by molar-refractivity contribution is 6.21. The molecule has 0 radical (unpaired) electrons. The molecule has 0 N–H and O–H groups in total. The van der Waals surface area contributed by atoms with Crippen molar-refractivity contribution in [2.75, 3.05) is 0 Å². The fourth-order valence-corrected chi connectivity index (χ4v) is 19.0. The first-order valence-electron chi connectivity index (χ1n) is 43.0. The molecule has 128 heavy (non-hydrogen) atoms. The summed E-state index contributed by atoms with van der Waals surface area (Å²) in [6, 6.07) is 141. The molecule has 11 heterocycles. The van der Waals surface area contributed by atoms with E-state index in [0.717, 1.165) is 171 Å². The second kappa shape index (κ2) is 31.5. The predicted molar refractivity (Wildman–Crippen MR) is 529 cm³/mol. The Labute approximate surface area is 735 Å². The first-order chi connectivity index (χ1) is 63.5. The summed E-state index contributed by atoms with van der Waals surface area (Å²) in [5.41, 5.74) is 33.3. The highest BCUT2D eigenvalue weighted by Crippen LogP contribution is 2.46. The van der Waals surface area contributed by atoms with E-state index in [1.54, 1.807) is 0 Å². The summed E-state index contributed by atoms with van der Waals surface area (Å²) in [6.07, 6.45) is 12.8. The first kappa shape index (κ1) is 74.4. The number of pyridine rings is 9. The number of benzene rings is 15. The molecule has 26 aromatic rings. The fraction of sp³-hybridized carbons (Fsp3) is 0. The van der Waals surface area contributed by atoms with Crippen LogP contribution in [0.15, 0.2) is 444 Å². The van der Waals surface area contributed by atoms with Gasteiger partial charge in [0.15, 0.2) is 0 Å². The average Bonchev–Trinajstić information content (AvgIpc) is 1.64. The lowest BCUT2D eigenvalue weighted by Gasteiger charge is -2.15. The minimum atomic E-state index is 0.907. The van der Waals surface area contributed by atoms with Gasteiger partial charge in [-0.15, -0.1) is 0 Å². The van der Waals surface area contributed by atoms with Gasteiger partial charge >= 0.3 is 0 Å². The van der Waals surface area contributed by atoms with Crippen LogP contribution in [0.3, 0.4) is 0 Å². The van der Waals surface area contributed by atoms with E-state index in [1.165, 1.54) is 71.6 Å². The molecule has 11 nitrogen and oxygen atoms in total. The lowest BCUT2D eigenvalue weighted by atomic mass is 9.92. The van der Waals surface area contributed by atoms with E-state index < -0.39 is 0 Å². The third kappa shape index (κ3) is 13.1. The van der Waals surface area contributed by atoms with Crippen LogP contribution in [0.2, 0.25) is 0 Å². The van der Waals surface area contributed by atoms with E-state index in [-0.39, 0.29) is 0 Å². The van der Waals surface area contributed by atoms with Gasteiger partial charge in [0.2, 0.25) is 0 Å². The maximum atomic E-state index is 5.26. The highest BCUT2D eigenvalue weighted by atomic mass is 15.0. The minimum absolute atomic E-state index is 0.907. The molecular formula is C117H73N11. The zero-order valence-corrected chi connectivity index (χ0v) is 69.1. The smallest absolute Gasteiger partial charge is 0.0978 e. The second-order valence-electron chi connectivity index (χ2n) is 32.3. The number of nitrogens with zero attached hydrogens (tertiary/aromatic N) is 11. The molecule has 26 rings (SSSR count). The van der Waals surface area contributed by atoms with Crippen LogP contribution in [0.4, 0.5) is 0 Å². The molecule has 0 saturated carbocycles. The molecule has 0 spiro atoms. The average molecular weight is 1630 g/mol. The van der Waals surface area contributed by atoms with Crippen molar-refractivity contribution in [3.8, 4) is 101 Å². The van der Waals surface area contributed by atoms with Gasteiger partial charge in [-0.2, -0.15) is 0 Å². The summed E-state index contributed by atoms with van der Waals surface area (Å²) in [5.74, 6) is 0. The third-order valence-electron chi connectivity index (χ3n) is 24.9. The van der Waals surface area contributed by atoms with Crippen LogP contribution in [-0.2, 0) is 0 Å². The Morgan fingerprint density at radius 3 is 0.969 bits per heavy atom. The summed E-state index contributed by atoms with van der Waals surface area (Å²) in [4.78, 5) is 43.1. The van der Waals surface area contributed by atoms with Crippen molar-refractivity contribution in [1.29, 1.82) is 0 Å². The van der Waals surface area contributed by atoms with Gasteiger partial charge in [0, 0.05) is 153 Å². The SMILES string of the molecule is c1cc(-c2c3ccccc3nc3c2ccc2cccnc23)cc(-n2c3ccccc3c3ccccc32)c1.c1cc(-c2cc(-c3ccc(-c4ccncc4)cc3)nc(-c3ccc(-c4ccncc4)cc3)c2)cc(-c2c3ccccc3nc3c2ccc2cccnc23)c1.c1ccc(-n2c3ccccc3c3cc(-c4c5ccccc5nc5c4ccc4cccnc45)ccc32)cc1. The van der Waals surface area contributed by atoms with Gasteiger partial charge in [-0.1, -0.05) is 267 Å². The predicted octanol–water partition coefficient (Wildman–Crippen LogP) is 29.5. The first-order valence-corrected chi connectivity index (χ1v) is 43.0. The second-order valence-corrected chi connectivity index (χ2v) is 32.3. The summed E-state index contributed by atoms with van der Waals surface area (Å²) >= 11 is 0. The summed E-state index contributed by atoms with van der Waals surface area (Å²) in [5, 5.41) is 15.0. The molecule has 0 aliphatic carbocycles. The van der Waals surface area contributed by atoms with Crippen LogP contribution in [-0.4, -0.2) is 54.0 Å². The van der Waals surface area contributed by atoms with Crippen molar-refractivity contribution in [2.24, 2.45) is 0 Å². The topological polar surface area (TPSA) is 126 Å². The Kier molecular flexibility index (Phi) is 18.3. The van der Waals surface area contributed by atoms with Gasteiger partial charge in [-0.3, -0.25) is 24.9 Å². The van der Waals surface area contributed by atoms with E-state index in [1.807, 2.05) is 91.9 Å². The van der Waals surface area contributed by atoms with Gasteiger partial charge in [-0.25, -0.2) is 19.9 Å². The van der Waals surface area contributed by atoms with E-state index in [2.05, 4.69) is 371 Å². The molecular weight excluding hydrogens is 1560 g/mol. The molecule has 0 bridgehead atoms. The standard InChI is InChI=1S/C49H31N5.2C34H21N3/c1-2-9-44-42(8-1)47(43-19-18-38-7-4-24-52-48(38)49(43)54-44)40-6-3-5-39(29-40)41-30-45(36-14-10-32(11-15-36)34-20-25-50-26-21-34)53-46(31-41)37-16-12-33(13-17-37)35-22-27-51-28-23-35;1-4-15-29-27(14-1)32(28-19-18-22-10-8-20-35-33(22)34(28)36-29)23-9-7-11-24(21-23)37-30-16-5-2-12-25(30)26-13-3-6-17-31(26)37;1-2-10-24(11-3-1)37-30-15-7-5-12-25(30)28-21-23(17-19-31(28)37)32-26-13-4-6-14-29(26)36-34-27(32)18-16-22-9-8-20-35-33(22)34/h1-31H;2*1-21H. The van der Waals surface area contributed by atoms with Crippen LogP contribution in [0.1, 0.15) is 0 Å². The Hall–Kier alpha value is -17.4. The monoisotopic (exact) mass is 1630 g/mol. The third-order valence-corrected chi connectivity index (χ3v) is 24.9. The molecule has 0 amide bonds. The van der Waals surface area contributed by atoms with Crippen molar-refractivity contribution in [2.45, 2.75) is 0 Å². The number of hydrogen-bond donors (Lipinski definition) is 0. The van der Waals surface area contributed by atoms with Crippen LogP contribution in [0.5, 0.6) is 0 Å². The van der Waals surface area contributed by atoms with Gasteiger partial charge in [-0.05, 0) is 184 Å². The molecule has 11 aromatic heterocycles. The molecule has 11 heteroatoms. The van der Waals surface area contributed by atoms with Crippen molar-refractivity contribution >= 4 is 142 Å². The van der Waals surface area contributed by atoms with Gasteiger partial charge in [0.05, 0.1) is 83.1 Å². The van der Waals surface area contributed by atoms with E-state index in [4.69, 9.17) is 34.9 Å². The van der Waals surface area contributed by atoms with E-state index >= 15 is 0 Å². The molecule has 0 fully saturated rings. The lowest BCUT2D eigenvalue weighted by Crippen LogP contribution is -1.95. The summed E-state index contributed by atoms with van der Waals surface area (Å²) < 4.78 is 4.73. The lowest BCUT2D eigenvalue weighted by molar-refractivity contribution is 1.18. The Balaban J connectivity index is 0.000000110. The number of hydrogen-bond acceptors (Lipinski definition) is 9. The van der Waals surface area contributed by atoms with Gasteiger partial charge < -0.3 is 9.13 Å². The van der Waals surface area contributed by atoms with Crippen molar-refractivity contribution in [1.82, 2.24) is 54.0 Å². The quantitative estimate of drug-likeness (QED) is 0.0972. The van der Waals surface area contributed by atoms with E-state index in [0.29, 0.717) is 0 Å². The molecule has 596 valence electrons. The molecule has 0 saturated heterocycles. The summed E-state index contributed by atoms with van der Waals surface area (Å²) in [7, 11) is 0. The maximum Gasteiger partial charge on any atom is 0.0978 e. The van der Waals surface area contributed by atoms with Gasteiger partial charge in [0.1, 0.15) is 0 Å². The number of rotatable bonds is 10. The highest BCUT2D eigenvalue weighted by Gasteiger charge is 2.23. The van der Waals surface area contributed by atoms with Crippen molar-refractivity contribution in [3.05, 3.63) is 444 Å². The Morgan fingerprint density at radius 2 is 0.508 bits per heavy atom. The number of aromatic nitrogens is 11. The molecule has 0 aliphatic rings. The van der Waals surface area contributed by atoms with Crippen molar-refractivity contribution < 1.29 is 0 Å². The van der Waals surface area contributed by atoms with Gasteiger partial charge in [0.25, 0.3) is 0 Å². The molecule has 0 aliphatic heterocycles. The van der Waals surface area contributed by atoms with Crippen LogP contribution >= 0.6 is 0 Å². The number of fused-ring (bicyclic) bond motifs is 18. The normalized spacial score (nSPS) is 11.6. The zero-order valence-electron chi connectivity index (χ0n) is 69.1.